The molecular formula is C24H20N2O5. The van der Waals surface area contributed by atoms with Gasteiger partial charge in [-0.25, -0.2) is 9.59 Å². The quantitative estimate of drug-likeness (QED) is 0.258. The van der Waals surface area contributed by atoms with Crippen LogP contribution < -0.4 is 10.1 Å². The van der Waals surface area contributed by atoms with Crippen molar-refractivity contribution in [2.45, 2.75) is 6.92 Å². The van der Waals surface area contributed by atoms with Crippen molar-refractivity contribution < 1.29 is 23.9 Å². The lowest BCUT2D eigenvalue weighted by molar-refractivity contribution is 0.0734. The lowest BCUT2D eigenvalue weighted by Gasteiger charge is -2.11. The third-order valence-corrected chi connectivity index (χ3v) is 4.12. The zero-order valence-electron chi connectivity index (χ0n) is 16.8. The molecule has 1 heterocycles. The maximum Gasteiger partial charge on any atom is 0.411 e. The molecule has 7 heteroatoms. The Labute approximate surface area is 179 Å². The minimum absolute atomic E-state index is 0.185. The van der Waals surface area contributed by atoms with Crippen LogP contribution in [0.3, 0.4) is 0 Å². The molecule has 0 unspecified atom stereocenters. The van der Waals surface area contributed by atoms with Gasteiger partial charge in [-0.05, 0) is 48.9 Å². The zero-order valence-corrected chi connectivity index (χ0v) is 16.8. The van der Waals surface area contributed by atoms with E-state index >= 15 is 0 Å². The van der Waals surface area contributed by atoms with Crippen LogP contribution in [0.2, 0.25) is 0 Å². The number of allylic oxidation sites excluding steroid dienone is 1. The Morgan fingerprint density at radius 1 is 1.00 bits per heavy atom. The van der Waals surface area contributed by atoms with Crippen molar-refractivity contribution in [2.24, 2.45) is 0 Å². The maximum absolute atomic E-state index is 12.3. The van der Waals surface area contributed by atoms with Gasteiger partial charge in [0.1, 0.15) is 5.75 Å². The molecule has 7 nitrogen and oxygen atoms in total. The van der Waals surface area contributed by atoms with Crippen LogP contribution in [0, 0.1) is 0 Å². The molecule has 0 radical (unpaired) electrons. The molecular weight excluding hydrogens is 396 g/mol. The first-order valence-corrected chi connectivity index (χ1v) is 9.54. The fourth-order valence-electron chi connectivity index (χ4n) is 2.64. The molecule has 0 bridgehead atoms. The van der Waals surface area contributed by atoms with Gasteiger partial charge in [-0.2, -0.15) is 0 Å². The summed E-state index contributed by atoms with van der Waals surface area (Å²) in [6.45, 7) is 1.88. The van der Waals surface area contributed by atoms with E-state index in [1.807, 2.05) is 6.07 Å². The van der Waals surface area contributed by atoms with Crippen LogP contribution in [-0.2, 0) is 4.74 Å². The highest BCUT2D eigenvalue weighted by atomic mass is 16.5. The Hall–Kier alpha value is -4.26. The van der Waals surface area contributed by atoms with Gasteiger partial charge < -0.3 is 9.47 Å². The van der Waals surface area contributed by atoms with E-state index in [-0.39, 0.29) is 18.1 Å². The second-order valence-electron chi connectivity index (χ2n) is 6.29. The molecule has 1 amide bonds. The highest BCUT2D eigenvalue weighted by Gasteiger charge is 2.12. The molecule has 0 spiro atoms. The van der Waals surface area contributed by atoms with Crippen LogP contribution in [0.15, 0.2) is 79.1 Å². The number of esters is 1. The number of carbonyl (C=O) groups is 3. The third-order valence-electron chi connectivity index (χ3n) is 4.12. The summed E-state index contributed by atoms with van der Waals surface area (Å²) in [6, 6.07) is 16.7. The molecule has 2 aromatic carbocycles. The molecule has 0 atom stereocenters. The summed E-state index contributed by atoms with van der Waals surface area (Å²) in [5.41, 5.74) is 1.70. The van der Waals surface area contributed by atoms with E-state index in [4.69, 9.17) is 9.47 Å². The highest BCUT2D eigenvalue weighted by Crippen LogP contribution is 2.25. The molecule has 3 aromatic rings. The number of aromatic nitrogens is 1. The Kier molecular flexibility index (Phi) is 7.26. The Balaban J connectivity index is 1.84. The van der Waals surface area contributed by atoms with Crippen molar-refractivity contribution in [3.05, 3.63) is 95.8 Å². The van der Waals surface area contributed by atoms with Gasteiger partial charge in [-0.15, -0.1) is 0 Å². The molecule has 0 saturated heterocycles. The predicted octanol–water partition coefficient (Wildman–Crippen LogP) is 4.77. The average molecular weight is 416 g/mol. The smallest absolute Gasteiger partial charge is 0.411 e. The number of anilines is 1. The zero-order chi connectivity index (χ0) is 22.1. The van der Waals surface area contributed by atoms with Crippen molar-refractivity contribution >= 4 is 29.6 Å². The number of nitrogens with one attached hydrogen (secondary N) is 1. The topological polar surface area (TPSA) is 94.6 Å². The van der Waals surface area contributed by atoms with Gasteiger partial charge in [-0.1, -0.05) is 30.3 Å². The lowest BCUT2D eigenvalue weighted by Crippen LogP contribution is -2.14. The largest absolute Gasteiger partial charge is 0.450 e. The number of pyridine rings is 1. The second kappa shape index (κ2) is 10.5. The number of ether oxygens (including phenoxy) is 2. The van der Waals surface area contributed by atoms with Gasteiger partial charge in [0.2, 0.25) is 0 Å². The van der Waals surface area contributed by atoms with Gasteiger partial charge in [0.05, 0.1) is 17.9 Å². The molecule has 0 aliphatic heterocycles. The first-order valence-electron chi connectivity index (χ1n) is 9.54. The molecule has 1 N–H and O–H groups in total. The molecule has 3 rings (SSSR count). The monoisotopic (exact) mass is 416 g/mol. The summed E-state index contributed by atoms with van der Waals surface area (Å²) in [5, 5.41) is 2.60. The Bertz CT molecular complexity index is 1100. The lowest BCUT2D eigenvalue weighted by atomic mass is 10.1. The summed E-state index contributed by atoms with van der Waals surface area (Å²) < 4.78 is 10.3. The average Bonchev–Trinajstić information content (AvgIpc) is 2.79. The van der Waals surface area contributed by atoms with Crippen LogP contribution in [0.25, 0.3) is 6.08 Å². The number of carbonyl (C=O) groups excluding carboxylic acids is 3. The minimum atomic E-state index is -0.665. The van der Waals surface area contributed by atoms with Gasteiger partial charge in [-0.3, -0.25) is 15.1 Å². The number of benzene rings is 2. The van der Waals surface area contributed by atoms with Crippen LogP contribution in [0.5, 0.6) is 5.75 Å². The highest BCUT2D eigenvalue weighted by molar-refractivity contribution is 6.07. The van der Waals surface area contributed by atoms with Crippen molar-refractivity contribution in [1.29, 1.82) is 0 Å². The molecule has 156 valence electrons. The third kappa shape index (κ3) is 6.11. The van der Waals surface area contributed by atoms with E-state index in [1.54, 1.807) is 67.7 Å². The van der Waals surface area contributed by atoms with E-state index in [2.05, 4.69) is 10.3 Å². The van der Waals surface area contributed by atoms with E-state index in [0.29, 0.717) is 22.4 Å². The second-order valence-corrected chi connectivity index (χ2v) is 6.29. The van der Waals surface area contributed by atoms with Crippen LogP contribution in [-0.4, -0.2) is 29.4 Å². The number of nitrogens with zero attached hydrogens (tertiary/aromatic N) is 1. The molecule has 1 aromatic heterocycles. The van der Waals surface area contributed by atoms with E-state index < -0.39 is 12.1 Å². The molecule has 31 heavy (non-hydrogen) atoms. The van der Waals surface area contributed by atoms with Crippen LogP contribution >= 0.6 is 0 Å². The van der Waals surface area contributed by atoms with Crippen LogP contribution in [0.4, 0.5) is 10.5 Å². The standard InChI is InChI=1S/C24H20N2O5/c1-2-30-24(29)26-21-15-20(31-23(28)19-9-6-14-25-16-19)12-10-17(21)11-13-22(27)18-7-4-3-5-8-18/h3-16H,2H2,1H3,(H,26,29)/b13-11+. The Morgan fingerprint density at radius 2 is 1.77 bits per heavy atom. The molecule has 0 fully saturated rings. The van der Waals surface area contributed by atoms with Gasteiger partial charge >= 0.3 is 12.1 Å². The fraction of sp³-hybridized carbons (Fsp3) is 0.0833. The first-order chi connectivity index (χ1) is 15.1. The summed E-state index contributed by atoms with van der Waals surface area (Å²) in [5.74, 6) is -0.556. The normalized spacial score (nSPS) is 10.5. The van der Waals surface area contributed by atoms with Gasteiger partial charge in [0.15, 0.2) is 5.78 Å². The van der Waals surface area contributed by atoms with E-state index in [9.17, 15) is 14.4 Å². The van der Waals surface area contributed by atoms with E-state index in [0.717, 1.165) is 0 Å². The SMILES string of the molecule is CCOC(=O)Nc1cc(OC(=O)c2cccnc2)ccc1/C=C/C(=O)c1ccccc1. The van der Waals surface area contributed by atoms with Gasteiger partial charge in [0, 0.05) is 24.0 Å². The summed E-state index contributed by atoms with van der Waals surface area (Å²) >= 11 is 0. The van der Waals surface area contributed by atoms with Crippen molar-refractivity contribution in [1.82, 2.24) is 4.98 Å². The van der Waals surface area contributed by atoms with Crippen LogP contribution in [0.1, 0.15) is 33.2 Å². The number of rotatable bonds is 7. The predicted molar refractivity (Wildman–Crippen MR) is 116 cm³/mol. The number of amides is 1. The van der Waals surface area contributed by atoms with E-state index in [1.165, 1.54) is 18.3 Å². The van der Waals surface area contributed by atoms with Crippen molar-refractivity contribution in [2.75, 3.05) is 11.9 Å². The maximum atomic E-state index is 12.3. The summed E-state index contributed by atoms with van der Waals surface area (Å²) in [6.07, 6.45) is 5.26. The number of hydrogen-bond acceptors (Lipinski definition) is 6. The fourth-order valence-corrected chi connectivity index (χ4v) is 2.64. The Morgan fingerprint density at radius 3 is 2.48 bits per heavy atom. The van der Waals surface area contributed by atoms with Crippen molar-refractivity contribution in [3.8, 4) is 5.75 Å². The molecule has 0 aliphatic rings. The number of hydrogen-bond donors (Lipinski definition) is 1. The summed E-state index contributed by atoms with van der Waals surface area (Å²) in [7, 11) is 0. The minimum Gasteiger partial charge on any atom is -0.450 e. The molecule has 0 aliphatic carbocycles. The molecule has 0 saturated carbocycles. The van der Waals surface area contributed by atoms with Crippen molar-refractivity contribution in [3.63, 3.8) is 0 Å². The first kappa shape index (κ1) is 21.4. The van der Waals surface area contributed by atoms with Gasteiger partial charge in [0.25, 0.3) is 0 Å². The number of ketones is 1. The summed E-state index contributed by atoms with van der Waals surface area (Å²) in [4.78, 5) is 40.5.